The molecule has 2 N–H and O–H groups in total. The Kier molecular flexibility index (Phi) is 3.01. The second kappa shape index (κ2) is 5.12. The van der Waals surface area contributed by atoms with Crippen LogP contribution in [0.2, 0.25) is 0 Å². The average molecular weight is 358 g/mol. The third-order valence-corrected chi connectivity index (χ3v) is 5.73. The summed E-state index contributed by atoms with van der Waals surface area (Å²) in [6.07, 6.45) is 2.34. The van der Waals surface area contributed by atoms with Crippen LogP contribution in [0, 0.1) is 5.82 Å². The predicted octanol–water partition coefficient (Wildman–Crippen LogP) is 3.48. The zero-order chi connectivity index (χ0) is 16.3. The second-order valence-electron chi connectivity index (χ2n) is 5.69. The van der Waals surface area contributed by atoms with Crippen LogP contribution < -0.4 is 5.73 Å². The van der Waals surface area contributed by atoms with E-state index in [0.29, 0.717) is 32.3 Å². The summed E-state index contributed by atoms with van der Waals surface area (Å²) in [7, 11) is 0. The summed E-state index contributed by atoms with van der Waals surface area (Å²) in [5.41, 5.74) is 7.96. The number of hydrogen-bond donors (Lipinski definition) is 1. The molecule has 9 heteroatoms. The molecule has 5 rings (SSSR count). The molecule has 0 amide bonds. The molecule has 1 fully saturated rings. The number of benzene rings is 1. The van der Waals surface area contributed by atoms with Crippen LogP contribution in [-0.4, -0.2) is 24.8 Å². The Hall–Kier alpha value is -2.26. The van der Waals surface area contributed by atoms with E-state index >= 15 is 0 Å². The van der Waals surface area contributed by atoms with Gasteiger partial charge in [-0.2, -0.15) is 9.61 Å². The lowest BCUT2D eigenvalue weighted by Crippen LogP contribution is -1.98. The maximum Gasteiger partial charge on any atom is 0.217 e. The lowest BCUT2D eigenvalue weighted by atomic mass is 10.3. The van der Waals surface area contributed by atoms with Gasteiger partial charge in [-0.15, -0.1) is 10.2 Å². The largest absolute Gasteiger partial charge is 0.375 e. The predicted molar refractivity (Wildman–Crippen MR) is 90.9 cm³/mol. The number of fused-ring (bicyclic) bond motifs is 2. The van der Waals surface area contributed by atoms with Crippen molar-refractivity contribution in [2.75, 3.05) is 5.73 Å². The summed E-state index contributed by atoms with van der Waals surface area (Å²) in [6.45, 7) is 0. The van der Waals surface area contributed by atoms with Crippen LogP contribution in [-0.2, 0) is 0 Å². The van der Waals surface area contributed by atoms with Crippen LogP contribution in [0.5, 0.6) is 0 Å². The minimum atomic E-state index is -0.354. The fourth-order valence-electron chi connectivity index (χ4n) is 2.57. The molecule has 1 aliphatic carbocycles. The first kappa shape index (κ1) is 14.1. The molecule has 24 heavy (non-hydrogen) atoms. The molecular weight excluding hydrogens is 347 g/mol. The highest BCUT2D eigenvalue weighted by atomic mass is 32.2. The molecule has 0 unspecified atom stereocenters. The zero-order valence-electron chi connectivity index (χ0n) is 12.3. The number of rotatable bonds is 3. The zero-order valence-corrected chi connectivity index (χ0v) is 13.9. The SMILES string of the molecule is Nc1nc2cc(F)c(Sc3nnc4ccc(C5CC5)nn34)cc2s1. The van der Waals surface area contributed by atoms with E-state index in [1.165, 1.54) is 42.0 Å². The summed E-state index contributed by atoms with van der Waals surface area (Å²) in [4.78, 5) is 4.56. The molecule has 1 aliphatic rings. The number of aromatic nitrogens is 5. The molecule has 3 aromatic heterocycles. The van der Waals surface area contributed by atoms with Crippen molar-refractivity contribution in [3.05, 3.63) is 35.8 Å². The molecule has 1 saturated carbocycles. The molecule has 6 nitrogen and oxygen atoms in total. The van der Waals surface area contributed by atoms with E-state index in [-0.39, 0.29) is 5.82 Å². The second-order valence-corrected chi connectivity index (χ2v) is 7.76. The van der Waals surface area contributed by atoms with E-state index in [9.17, 15) is 4.39 Å². The smallest absolute Gasteiger partial charge is 0.217 e. The van der Waals surface area contributed by atoms with Crippen LogP contribution in [0.1, 0.15) is 24.5 Å². The van der Waals surface area contributed by atoms with Crippen molar-refractivity contribution in [3.63, 3.8) is 0 Å². The van der Waals surface area contributed by atoms with Gasteiger partial charge in [-0.3, -0.25) is 0 Å². The summed E-state index contributed by atoms with van der Waals surface area (Å²) in [5.74, 6) is 0.177. The minimum absolute atomic E-state index is 0.354. The van der Waals surface area contributed by atoms with Gasteiger partial charge in [0.25, 0.3) is 0 Å². The van der Waals surface area contributed by atoms with Crippen molar-refractivity contribution in [1.29, 1.82) is 0 Å². The van der Waals surface area contributed by atoms with Crippen molar-refractivity contribution >= 4 is 44.1 Å². The van der Waals surface area contributed by atoms with Crippen molar-refractivity contribution in [2.45, 2.75) is 28.8 Å². The Balaban J connectivity index is 1.58. The van der Waals surface area contributed by atoms with Crippen LogP contribution >= 0.6 is 23.1 Å². The highest BCUT2D eigenvalue weighted by Crippen LogP contribution is 2.39. The van der Waals surface area contributed by atoms with Gasteiger partial charge >= 0.3 is 0 Å². The minimum Gasteiger partial charge on any atom is -0.375 e. The maximum atomic E-state index is 14.4. The van der Waals surface area contributed by atoms with Crippen LogP contribution in [0.25, 0.3) is 15.9 Å². The quantitative estimate of drug-likeness (QED) is 0.604. The molecule has 0 spiro atoms. The van der Waals surface area contributed by atoms with Gasteiger partial charge < -0.3 is 5.73 Å². The summed E-state index contributed by atoms with van der Waals surface area (Å²) in [6, 6.07) is 7.04. The molecule has 4 aromatic rings. The third kappa shape index (κ3) is 2.31. The summed E-state index contributed by atoms with van der Waals surface area (Å²) >= 11 is 2.54. The molecule has 120 valence electrons. The van der Waals surface area contributed by atoms with E-state index in [1.807, 2.05) is 12.1 Å². The Bertz CT molecular complexity index is 1080. The Labute approximate surface area is 143 Å². The van der Waals surface area contributed by atoms with E-state index in [1.54, 1.807) is 10.6 Å². The van der Waals surface area contributed by atoms with Gasteiger partial charge in [0, 0.05) is 12.0 Å². The van der Waals surface area contributed by atoms with E-state index in [0.717, 1.165) is 10.4 Å². The summed E-state index contributed by atoms with van der Waals surface area (Å²) in [5, 5.41) is 13.8. The highest BCUT2D eigenvalue weighted by Gasteiger charge is 2.26. The standard InChI is InChI=1S/C15H11FN6S2/c16-8-5-10-12(23-14(17)18-10)6-11(8)24-15-20-19-13-4-3-9(7-1-2-7)21-22(13)15/h3-7H,1-2H2,(H2,17,18). The van der Waals surface area contributed by atoms with E-state index in [2.05, 4.69) is 20.3 Å². The number of anilines is 1. The van der Waals surface area contributed by atoms with Crippen molar-refractivity contribution in [2.24, 2.45) is 0 Å². The molecule has 0 radical (unpaired) electrons. The fourth-order valence-corrected chi connectivity index (χ4v) is 4.23. The lowest BCUT2D eigenvalue weighted by molar-refractivity contribution is 0.603. The topological polar surface area (TPSA) is 82.0 Å². The van der Waals surface area contributed by atoms with Gasteiger partial charge in [-0.05, 0) is 42.8 Å². The molecule has 3 heterocycles. The first-order valence-corrected chi connectivity index (χ1v) is 9.06. The van der Waals surface area contributed by atoms with Crippen LogP contribution in [0.4, 0.5) is 9.52 Å². The van der Waals surface area contributed by atoms with Gasteiger partial charge in [0.1, 0.15) is 5.82 Å². The molecule has 0 saturated heterocycles. The molecule has 1 aromatic carbocycles. The lowest BCUT2D eigenvalue weighted by Gasteiger charge is -2.03. The van der Waals surface area contributed by atoms with Crippen molar-refractivity contribution < 1.29 is 4.39 Å². The number of nitrogen functional groups attached to an aromatic ring is 1. The number of halogens is 1. The molecule has 0 bridgehead atoms. The van der Waals surface area contributed by atoms with E-state index in [4.69, 9.17) is 5.73 Å². The number of thiazole rings is 1. The van der Waals surface area contributed by atoms with Gasteiger partial charge in [0.15, 0.2) is 10.8 Å². The Morgan fingerprint density at radius 2 is 2.12 bits per heavy atom. The van der Waals surface area contributed by atoms with Gasteiger partial charge in [0.05, 0.1) is 20.8 Å². The van der Waals surface area contributed by atoms with Gasteiger partial charge in [0.2, 0.25) is 5.16 Å². The Morgan fingerprint density at radius 3 is 2.96 bits per heavy atom. The number of nitrogens with zero attached hydrogens (tertiary/aromatic N) is 5. The average Bonchev–Trinajstić information content (AvgIpc) is 3.25. The van der Waals surface area contributed by atoms with Crippen molar-refractivity contribution in [3.8, 4) is 0 Å². The highest BCUT2D eigenvalue weighted by molar-refractivity contribution is 7.99. The monoisotopic (exact) mass is 358 g/mol. The fraction of sp³-hybridized carbons (Fsp3) is 0.200. The van der Waals surface area contributed by atoms with Gasteiger partial charge in [-0.1, -0.05) is 11.3 Å². The number of hydrogen-bond acceptors (Lipinski definition) is 7. The number of nitrogens with two attached hydrogens (primary N) is 1. The normalized spacial score (nSPS) is 14.7. The third-order valence-electron chi connectivity index (χ3n) is 3.91. The molecular formula is C15H11FN6S2. The first-order chi connectivity index (χ1) is 11.7. The Morgan fingerprint density at radius 1 is 1.25 bits per heavy atom. The van der Waals surface area contributed by atoms with E-state index < -0.39 is 0 Å². The molecule has 0 atom stereocenters. The van der Waals surface area contributed by atoms with Crippen molar-refractivity contribution in [1.82, 2.24) is 24.8 Å². The van der Waals surface area contributed by atoms with Crippen LogP contribution in [0.15, 0.2) is 34.3 Å². The van der Waals surface area contributed by atoms with Crippen LogP contribution in [0.3, 0.4) is 0 Å². The van der Waals surface area contributed by atoms with Gasteiger partial charge in [-0.25, -0.2) is 9.37 Å². The summed E-state index contributed by atoms with van der Waals surface area (Å²) < 4.78 is 16.9. The maximum absolute atomic E-state index is 14.4. The molecule has 0 aliphatic heterocycles. The first-order valence-electron chi connectivity index (χ1n) is 7.43.